The highest BCUT2D eigenvalue weighted by Gasteiger charge is 2.24. The topological polar surface area (TPSA) is 61.0 Å². The Hall–Kier alpha value is -1.88. The van der Waals surface area contributed by atoms with Gasteiger partial charge < -0.3 is 15.2 Å². The number of carbonyl (C=O) groups is 1. The lowest BCUT2D eigenvalue weighted by Crippen LogP contribution is -2.45. The Bertz CT molecular complexity index is 696. The molecule has 4 rings (SSSR count). The summed E-state index contributed by atoms with van der Waals surface area (Å²) >= 11 is 0. The van der Waals surface area contributed by atoms with Gasteiger partial charge in [-0.05, 0) is 49.8 Å². The van der Waals surface area contributed by atoms with Crippen molar-refractivity contribution in [2.75, 3.05) is 19.6 Å². The molecule has 24 heavy (non-hydrogen) atoms. The molecule has 0 bridgehead atoms. The average Bonchev–Trinajstić information content (AvgIpc) is 3.27. The maximum Gasteiger partial charge on any atom is 0.270 e. The zero-order valence-electron chi connectivity index (χ0n) is 14.1. The molecular weight excluding hydrogens is 300 g/mol. The Morgan fingerprint density at radius 2 is 1.96 bits per heavy atom. The minimum Gasteiger partial charge on any atom is -0.348 e. The number of hydrogen-bond acceptors (Lipinski definition) is 3. The number of likely N-dealkylation sites (tertiary alicyclic amines) is 1. The van der Waals surface area contributed by atoms with Crippen molar-refractivity contribution in [3.8, 4) is 0 Å². The summed E-state index contributed by atoms with van der Waals surface area (Å²) in [6.45, 7) is 3.46. The first-order valence-electron chi connectivity index (χ1n) is 9.25. The van der Waals surface area contributed by atoms with Crippen molar-refractivity contribution in [1.82, 2.24) is 20.2 Å². The second-order valence-corrected chi connectivity index (χ2v) is 7.31. The monoisotopic (exact) mass is 326 g/mol. The zero-order chi connectivity index (χ0) is 16.4. The second kappa shape index (κ2) is 6.93. The van der Waals surface area contributed by atoms with E-state index in [1.807, 2.05) is 18.3 Å². The number of aromatic amines is 1. The standard InChI is InChI=1S/C19H26N4O/c24-19(17-6-5-15-7-10-20-18(15)22-17)21-16-8-11-23(12-9-16)13-14-3-1-2-4-14/h5-7,10,14,16H,1-4,8-9,11-13H2,(H,20,22)(H,21,24). The molecule has 2 aromatic rings. The lowest BCUT2D eigenvalue weighted by molar-refractivity contribution is 0.0901. The molecule has 1 amide bonds. The van der Waals surface area contributed by atoms with Crippen LogP contribution >= 0.6 is 0 Å². The van der Waals surface area contributed by atoms with Crippen molar-refractivity contribution < 1.29 is 4.79 Å². The number of aromatic nitrogens is 2. The molecule has 2 aliphatic rings. The van der Waals surface area contributed by atoms with Gasteiger partial charge in [-0.15, -0.1) is 0 Å². The van der Waals surface area contributed by atoms with Crippen LogP contribution in [-0.4, -0.2) is 46.5 Å². The molecule has 0 unspecified atom stereocenters. The maximum atomic E-state index is 12.4. The summed E-state index contributed by atoms with van der Waals surface area (Å²) in [7, 11) is 0. The molecule has 2 N–H and O–H groups in total. The Morgan fingerprint density at radius 3 is 2.75 bits per heavy atom. The van der Waals surface area contributed by atoms with Crippen molar-refractivity contribution in [1.29, 1.82) is 0 Å². The smallest absolute Gasteiger partial charge is 0.270 e. The Balaban J connectivity index is 1.29. The summed E-state index contributed by atoms with van der Waals surface area (Å²) in [4.78, 5) is 22.5. The molecule has 1 aliphatic heterocycles. The van der Waals surface area contributed by atoms with Gasteiger partial charge in [0.05, 0.1) is 0 Å². The first kappa shape index (κ1) is 15.6. The Labute approximate surface area is 142 Å². The number of H-pyrrole nitrogens is 1. The number of carbonyl (C=O) groups excluding carboxylic acids is 1. The van der Waals surface area contributed by atoms with Gasteiger partial charge in [0.25, 0.3) is 5.91 Å². The van der Waals surface area contributed by atoms with Gasteiger partial charge >= 0.3 is 0 Å². The minimum absolute atomic E-state index is 0.0549. The molecule has 3 heterocycles. The quantitative estimate of drug-likeness (QED) is 0.908. The third kappa shape index (κ3) is 3.46. The van der Waals surface area contributed by atoms with E-state index in [0.717, 1.165) is 42.9 Å². The molecule has 0 radical (unpaired) electrons. The van der Waals surface area contributed by atoms with Crippen LogP contribution in [0.2, 0.25) is 0 Å². The molecule has 128 valence electrons. The average molecular weight is 326 g/mol. The summed E-state index contributed by atoms with van der Waals surface area (Å²) in [5.41, 5.74) is 1.27. The fourth-order valence-electron chi connectivity index (χ4n) is 4.13. The SMILES string of the molecule is O=C(NC1CCN(CC2CCCC2)CC1)c1ccc2cc[nH]c2n1. The number of nitrogens with zero attached hydrogens (tertiary/aromatic N) is 2. The number of amides is 1. The number of hydrogen-bond donors (Lipinski definition) is 2. The fraction of sp³-hybridized carbons (Fsp3) is 0.579. The summed E-state index contributed by atoms with van der Waals surface area (Å²) in [5.74, 6) is 0.855. The molecule has 0 spiro atoms. The first-order chi connectivity index (χ1) is 11.8. The van der Waals surface area contributed by atoms with Crippen LogP contribution in [0.3, 0.4) is 0 Å². The lowest BCUT2D eigenvalue weighted by atomic mass is 10.0. The zero-order valence-corrected chi connectivity index (χ0v) is 14.1. The number of nitrogens with one attached hydrogen (secondary N) is 2. The highest BCUT2D eigenvalue weighted by molar-refractivity contribution is 5.94. The van der Waals surface area contributed by atoms with E-state index in [-0.39, 0.29) is 11.9 Å². The van der Waals surface area contributed by atoms with Gasteiger partial charge in [0, 0.05) is 37.3 Å². The predicted molar refractivity (Wildman–Crippen MR) is 95.0 cm³/mol. The van der Waals surface area contributed by atoms with Gasteiger partial charge in [-0.2, -0.15) is 0 Å². The number of piperidine rings is 1. The molecular formula is C19H26N4O. The molecule has 1 saturated heterocycles. The number of fused-ring (bicyclic) bond motifs is 1. The van der Waals surface area contributed by atoms with E-state index in [1.54, 1.807) is 6.07 Å². The summed E-state index contributed by atoms with van der Waals surface area (Å²) in [6.07, 6.45) is 9.57. The van der Waals surface area contributed by atoms with Gasteiger partial charge in [0.2, 0.25) is 0 Å². The molecule has 2 aromatic heterocycles. The molecule has 5 nitrogen and oxygen atoms in total. The van der Waals surface area contributed by atoms with Crippen LogP contribution < -0.4 is 5.32 Å². The van der Waals surface area contributed by atoms with Crippen molar-refractivity contribution >= 4 is 16.9 Å². The van der Waals surface area contributed by atoms with Crippen LogP contribution in [0.1, 0.15) is 49.0 Å². The lowest BCUT2D eigenvalue weighted by Gasteiger charge is -2.33. The van der Waals surface area contributed by atoms with Crippen molar-refractivity contribution in [2.24, 2.45) is 5.92 Å². The first-order valence-corrected chi connectivity index (χ1v) is 9.25. The van der Waals surface area contributed by atoms with E-state index in [4.69, 9.17) is 0 Å². The number of pyridine rings is 1. The van der Waals surface area contributed by atoms with E-state index in [0.29, 0.717) is 5.69 Å². The summed E-state index contributed by atoms with van der Waals surface area (Å²) in [5, 5.41) is 4.20. The molecule has 2 fully saturated rings. The largest absolute Gasteiger partial charge is 0.348 e. The van der Waals surface area contributed by atoms with Crippen molar-refractivity contribution in [3.63, 3.8) is 0 Å². The van der Waals surface area contributed by atoms with Gasteiger partial charge in [0.15, 0.2) is 0 Å². The fourth-order valence-corrected chi connectivity index (χ4v) is 4.13. The maximum absolute atomic E-state index is 12.4. The molecule has 5 heteroatoms. The van der Waals surface area contributed by atoms with Gasteiger partial charge in [-0.25, -0.2) is 4.98 Å². The summed E-state index contributed by atoms with van der Waals surface area (Å²) < 4.78 is 0. The molecule has 0 aromatic carbocycles. The van der Waals surface area contributed by atoms with E-state index in [9.17, 15) is 4.79 Å². The van der Waals surface area contributed by atoms with E-state index >= 15 is 0 Å². The van der Waals surface area contributed by atoms with Crippen LogP contribution in [0.5, 0.6) is 0 Å². The van der Waals surface area contributed by atoms with Gasteiger partial charge in [-0.3, -0.25) is 4.79 Å². The Morgan fingerprint density at radius 1 is 1.17 bits per heavy atom. The molecule has 1 saturated carbocycles. The predicted octanol–water partition coefficient (Wildman–Crippen LogP) is 2.95. The van der Waals surface area contributed by atoms with Crippen LogP contribution in [0.15, 0.2) is 24.4 Å². The second-order valence-electron chi connectivity index (χ2n) is 7.31. The van der Waals surface area contributed by atoms with Crippen LogP contribution in [-0.2, 0) is 0 Å². The highest BCUT2D eigenvalue weighted by atomic mass is 16.1. The third-order valence-electron chi connectivity index (χ3n) is 5.56. The summed E-state index contributed by atoms with van der Waals surface area (Å²) in [6, 6.07) is 5.99. The van der Waals surface area contributed by atoms with E-state index in [2.05, 4.69) is 20.2 Å². The van der Waals surface area contributed by atoms with Crippen molar-refractivity contribution in [3.05, 3.63) is 30.1 Å². The normalized spacial score (nSPS) is 20.7. The van der Waals surface area contributed by atoms with Crippen LogP contribution in [0.25, 0.3) is 11.0 Å². The van der Waals surface area contributed by atoms with Gasteiger partial charge in [0.1, 0.15) is 11.3 Å². The van der Waals surface area contributed by atoms with Crippen LogP contribution in [0.4, 0.5) is 0 Å². The minimum atomic E-state index is -0.0549. The van der Waals surface area contributed by atoms with Crippen LogP contribution in [0, 0.1) is 5.92 Å². The van der Waals surface area contributed by atoms with Crippen molar-refractivity contribution in [2.45, 2.75) is 44.6 Å². The third-order valence-corrected chi connectivity index (χ3v) is 5.56. The Kier molecular flexibility index (Phi) is 4.52. The van der Waals surface area contributed by atoms with E-state index < -0.39 is 0 Å². The molecule has 0 atom stereocenters. The van der Waals surface area contributed by atoms with Gasteiger partial charge in [-0.1, -0.05) is 12.8 Å². The van der Waals surface area contributed by atoms with E-state index in [1.165, 1.54) is 32.2 Å². The highest BCUT2D eigenvalue weighted by Crippen LogP contribution is 2.26. The number of rotatable bonds is 4. The molecule has 1 aliphatic carbocycles.